The van der Waals surface area contributed by atoms with Crippen LogP contribution >= 0.6 is 0 Å². The van der Waals surface area contributed by atoms with E-state index in [1.54, 1.807) is 12.4 Å². The molecule has 27 heavy (non-hydrogen) atoms. The van der Waals surface area contributed by atoms with Gasteiger partial charge in [-0.2, -0.15) is 0 Å². The number of carbonyl (C=O) groups excluding carboxylic acids is 1. The fraction of sp³-hybridized carbons (Fsp3) is 0.478. The second-order valence-electron chi connectivity index (χ2n) is 8.00. The fourth-order valence-electron chi connectivity index (χ4n) is 4.58. The van der Waals surface area contributed by atoms with Crippen LogP contribution in [-0.4, -0.2) is 34.0 Å². The lowest BCUT2D eigenvalue weighted by Gasteiger charge is -2.39. The standard InChI is InChI=1S/C23H28N2O2/c1-16-3-4-18(13-17(16)2)5-8-23(26)25-19-6-7-20(25)15-22(14-19)27-21-9-11-24-12-10-21/h3-4,9-13,19-20,22H,5-8,14-15H2,1-2H3/t19-,20-/m0/s1. The predicted molar refractivity (Wildman–Crippen MR) is 106 cm³/mol. The highest BCUT2D eigenvalue weighted by Gasteiger charge is 2.43. The number of ether oxygens (including phenoxy) is 1. The molecule has 4 nitrogen and oxygen atoms in total. The van der Waals surface area contributed by atoms with Crippen LogP contribution in [0.3, 0.4) is 0 Å². The number of carbonyl (C=O) groups is 1. The van der Waals surface area contributed by atoms with Crippen LogP contribution in [0.25, 0.3) is 0 Å². The average molecular weight is 364 g/mol. The van der Waals surface area contributed by atoms with Gasteiger partial charge in [-0.25, -0.2) is 0 Å². The van der Waals surface area contributed by atoms with E-state index < -0.39 is 0 Å². The first-order chi connectivity index (χ1) is 13.1. The van der Waals surface area contributed by atoms with Gasteiger partial charge < -0.3 is 9.64 Å². The molecule has 2 aliphatic rings. The summed E-state index contributed by atoms with van der Waals surface area (Å²) in [5.74, 6) is 1.19. The molecular formula is C23H28N2O2. The Bertz CT molecular complexity index is 791. The van der Waals surface area contributed by atoms with Gasteiger partial charge >= 0.3 is 0 Å². The summed E-state index contributed by atoms with van der Waals surface area (Å²) in [4.78, 5) is 19.1. The number of amides is 1. The zero-order chi connectivity index (χ0) is 18.8. The Balaban J connectivity index is 1.34. The van der Waals surface area contributed by atoms with Gasteiger partial charge in [0.05, 0.1) is 0 Å². The topological polar surface area (TPSA) is 42.4 Å². The average Bonchev–Trinajstić information content (AvgIpc) is 2.94. The second-order valence-corrected chi connectivity index (χ2v) is 8.00. The normalized spacial score (nSPS) is 24.1. The molecule has 2 atom stereocenters. The molecule has 0 aliphatic carbocycles. The van der Waals surface area contributed by atoms with Crippen LogP contribution in [0, 0.1) is 13.8 Å². The molecule has 2 fully saturated rings. The molecule has 142 valence electrons. The van der Waals surface area contributed by atoms with E-state index >= 15 is 0 Å². The Morgan fingerprint density at radius 2 is 1.78 bits per heavy atom. The molecular weight excluding hydrogens is 336 g/mol. The Morgan fingerprint density at radius 1 is 1.07 bits per heavy atom. The van der Waals surface area contributed by atoms with Gasteiger partial charge in [0.15, 0.2) is 0 Å². The van der Waals surface area contributed by atoms with Crippen LogP contribution in [0.1, 0.15) is 48.8 Å². The molecule has 2 aromatic rings. The van der Waals surface area contributed by atoms with Crippen LogP contribution in [0.2, 0.25) is 0 Å². The number of fused-ring (bicyclic) bond motifs is 2. The minimum atomic E-state index is 0.202. The van der Waals surface area contributed by atoms with Crippen LogP contribution in [0.15, 0.2) is 42.7 Å². The minimum Gasteiger partial charge on any atom is -0.490 e. The molecule has 0 spiro atoms. The fourth-order valence-corrected chi connectivity index (χ4v) is 4.58. The lowest BCUT2D eigenvalue weighted by Crippen LogP contribution is -2.49. The maximum Gasteiger partial charge on any atom is 0.223 e. The smallest absolute Gasteiger partial charge is 0.223 e. The Kier molecular flexibility index (Phi) is 5.15. The van der Waals surface area contributed by atoms with Crippen LogP contribution in [0.5, 0.6) is 5.75 Å². The minimum absolute atomic E-state index is 0.202. The number of benzene rings is 1. The molecule has 2 bridgehead atoms. The monoisotopic (exact) mass is 364 g/mol. The summed E-state index contributed by atoms with van der Waals surface area (Å²) in [7, 11) is 0. The lowest BCUT2D eigenvalue weighted by atomic mass is 9.98. The van der Waals surface area contributed by atoms with Gasteiger partial charge in [0.2, 0.25) is 5.91 Å². The zero-order valence-corrected chi connectivity index (χ0v) is 16.2. The van der Waals surface area contributed by atoms with E-state index in [0.29, 0.717) is 24.4 Å². The SMILES string of the molecule is Cc1ccc(CCC(=O)N2[C@H]3CC[C@H]2CC(Oc2ccncc2)C3)cc1C. The van der Waals surface area contributed by atoms with Crippen molar-refractivity contribution in [2.24, 2.45) is 0 Å². The van der Waals surface area contributed by atoms with E-state index in [-0.39, 0.29) is 6.10 Å². The van der Waals surface area contributed by atoms with E-state index in [9.17, 15) is 4.79 Å². The first-order valence-corrected chi connectivity index (χ1v) is 10.0. The van der Waals surface area contributed by atoms with Gasteiger partial charge in [0, 0.05) is 43.7 Å². The van der Waals surface area contributed by atoms with E-state index in [1.807, 2.05) is 12.1 Å². The summed E-state index contributed by atoms with van der Waals surface area (Å²) in [6.07, 6.45) is 9.24. The molecule has 0 N–H and O–H groups in total. The van der Waals surface area contributed by atoms with E-state index in [4.69, 9.17) is 4.74 Å². The summed E-state index contributed by atoms with van der Waals surface area (Å²) >= 11 is 0. The largest absolute Gasteiger partial charge is 0.490 e. The van der Waals surface area contributed by atoms with Crippen molar-refractivity contribution in [2.45, 2.75) is 70.6 Å². The highest BCUT2D eigenvalue weighted by atomic mass is 16.5. The van der Waals surface area contributed by atoms with Gasteiger partial charge in [-0.05, 0) is 61.9 Å². The summed E-state index contributed by atoms with van der Waals surface area (Å²) in [6, 6.07) is 11.0. The first-order valence-electron chi connectivity index (χ1n) is 10.0. The summed E-state index contributed by atoms with van der Waals surface area (Å²) < 4.78 is 6.14. The molecule has 4 rings (SSSR count). The van der Waals surface area contributed by atoms with Crippen molar-refractivity contribution in [3.05, 3.63) is 59.4 Å². The maximum atomic E-state index is 12.9. The number of aryl methyl sites for hydroxylation is 3. The summed E-state index contributed by atoms with van der Waals surface area (Å²) in [5, 5.41) is 0. The third-order valence-electron chi connectivity index (χ3n) is 6.13. The van der Waals surface area contributed by atoms with Gasteiger partial charge in [-0.1, -0.05) is 18.2 Å². The first kappa shape index (κ1) is 18.0. The Hall–Kier alpha value is -2.36. The van der Waals surface area contributed by atoms with E-state index in [1.165, 1.54) is 16.7 Å². The third-order valence-corrected chi connectivity index (χ3v) is 6.13. The number of hydrogen-bond donors (Lipinski definition) is 0. The predicted octanol–water partition coefficient (Wildman–Crippen LogP) is 4.23. The number of pyridine rings is 1. The van der Waals surface area contributed by atoms with Crippen LogP contribution in [0.4, 0.5) is 0 Å². The van der Waals surface area contributed by atoms with E-state index in [0.717, 1.165) is 37.9 Å². The molecule has 1 aromatic heterocycles. The van der Waals surface area contributed by atoms with Gasteiger partial charge in [0.25, 0.3) is 0 Å². The number of nitrogens with zero attached hydrogens (tertiary/aromatic N) is 2. The third kappa shape index (κ3) is 4.00. The number of aromatic nitrogens is 1. The highest BCUT2D eigenvalue weighted by Crippen LogP contribution is 2.37. The van der Waals surface area contributed by atoms with Crippen molar-refractivity contribution in [1.29, 1.82) is 0 Å². The van der Waals surface area contributed by atoms with Crippen molar-refractivity contribution in [2.75, 3.05) is 0 Å². The van der Waals surface area contributed by atoms with Crippen molar-refractivity contribution in [3.8, 4) is 5.75 Å². The van der Waals surface area contributed by atoms with Crippen molar-refractivity contribution in [1.82, 2.24) is 9.88 Å². The molecule has 4 heteroatoms. The molecule has 1 aromatic carbocycles. The number of piperidine rings is 1. The quantitative estimate of drug-likeness (QED) is 0.797. The Morgan fingerprint density at radius 3 is 2.44 bits per heavy atom. The van der Waals surface area contributed by atoms with Gasteiger partial charge in [-0.15, -0.1) is 0 Å². The van der Waals surface area contributed by atoms with Crippen LogP contribution in [-0.2, 0) is 11.2 Å². The number of rotatable bonds is 5. The van der Waals surface area contributed by atoms with Crippen molar-refractivity contribution >= 4 is 5.91 Å². The zero-order valence-electron chi connectivity index (χ0n) is 16.2. The van der Waals surface area contributed by atoms with E-state index in [2.05, 4.69) is 41.9 Å². The molecule has 0 saturated carbocycles. The molecule has 1 amide bonds. The summed E-state index contributed by atoms with van der Waals surface area (Å²) in [5.41, 5.74) is 3.86. The van der Waals surface area contributed by atoms with Gasteiger partial charge in [-0.3, -0.25) is 9.78 Å². The molecule has 3 heterocycles. The maximum absolute atomic E-state index is 12.9. The Labute approximate surface area is 161 Å². The van der Waals surface area contributed by atoms with Gasteiger partial charge in [0.1, 0.15) is 11.9 Å². The molecule has 0 radical (unpaired) electrons. The lowest BCUT2D eigenvalue weighted by molar-refractivity contribution is -0.137. The summed E-state index contributed by atoms with van der Waals surface area (Å²) in [6.45, 7) is 4.26. The number of hydrogen-bond acceptors (Lipinski definition) is 3. The molecule has 0 unspecified atom stereocenters. The molecule has 2 saturated heterocycles. The van der Waals surface area contributed by atoms with Crippen LogP contribution < -0.4 is 4.74 Å². The highest BCUT2D eigenvalue weighted by molar-refractivity contribution is 5.77. The molecule has 2 aliphatic heterocycles. The van der Waals surface area contributed by atoms with Crippen molar-refractivity contribution in [3.63, 3.8) is 0 Å². The van der Waals surface area contributed by atoms with Crippen molar-refractivity contribution < 1.29 is 9.53 Å². The second kappa shape index (κ2) is 7.71.